The molecule has 0 bridgehead atoms. The van der Waals surface area contributed by atoms with Crippen LogP contribution in [0.4, 0.5) is 5.82 Å². The molecule has 2 heterocycles. The molecule has 0 N–H and O–H groups in total. The molecule has 3 heteroatoms. The first kappa shape index (κ1) is 16.5. The third-order valence-electron chi connectivity index (χ3n) is 5.12. The second-order valence-electron chi connectivity index (χ2n) is 7.19. The Balaban J connectivity index is 1.52. The number of rotatable bonds is 4. The number of nitrogens with zero attached hydrogens (tertiary/aromatic N) is 2. The van der Waals surface area contributed by atoms with Gasteiger partial charge in [-0.2, -0.15) is 0 Å². The first-order valence-corrected chi connectivity index (χ1v) is 8.88. The molecule has 1 aromatic heterocycles. The summed E-state index contributed by atoms with van der Waals surface area (Å²) in [4.78, 5) is 9.42. The fourth-order valence-electron chi connectivity index (χ4n) is 3.14. The van der Waals surface area contributed by atoms with E-state index < -0.39 is 0 Å². The van der Waals surface area contributed by atoms with Crippen molar-refractivity contribution in [3.63, 3.8) is 0 Å². The van der Waals surface area contributed by atoms with Crippen molar-refractivity contribution in [2.45, 2.75) is 32.8 Å². The SMILES string of the molecule is CC1=Nc2nc(-c3ccc(OCc4ccccc4)cc3)ccc2C1(C)C. The topological polar surface area (TPSA) is 34.5 Å². The largest absolute Gasteiger partial charge is 0.489 e. The van der Waals surface area contributed by atoms with E-state index >= 15 is 0 Å². The van der Waals surface area contributed by atoms with E-state index in [2.05, 4.69) is 50.0 Å². The number of pyridine rings is 1. The maximum absolute atomic E-state index is 5.86. The van der Waals surface area contributed by atoms with E-state index in [0.29, 0.717) is 6.61 Å². The third-order valence-corrected chi connectivity index (χ3v) is 5.12. The lowest BCUT2D eigenvalue weighted by atomic mass is 9.83. The molecule has 3 nitrogen and oxygen atoms in total. The van der Waals surface area contributed by atoms with Gasteiger partial charge in [-0.3, -0.25) is 0 Å². The molecule has 0 fully saturated rings. The molecular weight excluding hydrogens is 320 g/mol. The van der Waals surface area contributed by atoms with Crippen LogP contribution >= 0.6 is 0 Å². The average molecular weight is 342 g/mol. The standard InChI is InChI=1S/C23H22N2O/c1-16-23(2,3)20-13-14-21(25-22(20)24-16)18-9-11-19(12-10-18)26-15-17-7-5-4-6-8-17/h4-14H,15H2,1-3H3. The lowest BCUT2D eigenvalue weighted by Gasteiger charge is -2.19. The van der Waals surface area contributed by atoms with Crippen LogP contribution in [0.3, 0.4) is 0 Å². The van der Waals surface area contributed by atoms with E-state index in [-0.39, 0.29) is 5.41 Å². The number of fused-ring (bicyclic) bond motifs is 1. The first-order valence-electron chi connectivity index (χ1n) is 8.88. The smallest absolute Gasteiger partial charge is 0.156 e. The van der Waals surface area contributed by atoms with Gasteiger partial charge in [-0.05, 0) is 42.8 Å². The summed E-state index contributed by atoms with van der Waals surface area (Å²) in [6, 6.07) is 22.5. The van der Waals surface area contributed by atoms with Crippen LogP contribution in [0, 0.1) is 0 Å². The van der Waals surface area contributed by atoms with E-state index in [0.717, 1.165) is 34.1 Å². The molecule has 1 aliphatic heterocycles. The quantitative estimate of drug-likeness (QED) is 0.608. The van der Waals surface area contributed by atoms with E-state index in [1.807, 2.05) is 42.5 Å². The maximum atomic E-state index is 5.86. The van der Waals surface area contributed by atoms with Gasteiger partial charge in [-0.1, -0.05) is 50.2 Å². The van der Waals surface area contributed by atoms with E-state index in [9.17, 15) is 0 Å². The summed E-state index contributed by atoms with van der Waals surface area (Å²) in [7, 11) is 0. The molecule has 4 rings (SSSR count). The number of ether oxygens (including phenoxy) is 1. The normalized spacial score (nSPS) is 14.7. The fraction of sp³-hybridized carbons (Fsp3) is 0.217. The molecule has 130 valence electrons. The number of hydrogen-bond donors (Lipinski definition) is 0. The fourth-order valence-corrected chi connectivity index (χ4v) is 3.14. The van der Waals surface area contributed by atoms with Gasteiger partial charge in [0.05, 0.1) is 5.69 Å². The molecule has 26 heavy (non-hydrogen) atoms. The van der Waals surface area contributed by atoms with Crippen molar-refractivity contribution in [1.29, 1.82) is 0 Å². The van der Waals surface area contributed by atoms with Gasteiger partial charge in [-0.25, -0.2) is 9.98 Å². The first-order chi connectivity index (χ1) is 12.5. The van der Waals surface area contributed by atoms with Crippen LogP contribution in [0.2, 0.25) is 0 Å². The summed E-state index contributed by atoms with van der Waals surface area (Å²) < 4.78 is 5.86. The Kier molecular flexibility index (Phi) is 4.08. The summed E-state index contributed by atoms with van der Waals surface area (Å²) in [5.74, 6) is 1.70. The highest BCUT2D eigenvalue weighted by molar-refractivity contribution is 5.99. The van der Waals surface area contributed by atoms with Crippen LogP contribution in [0.1, 0.15) is 31.9 Å². The highest BCUT2D eigenvalue weighted by Gasteiger charge is 2.33. The van der Waals surface area contributed by atoms with Crippen LogP contribution in [-0.4, -0.2) is 10.7 Å². The highest BCUT2D eigenvalue weighted by Crippen LogP contribution is 2.39. The van der Waals surface area contributed by atoms with Gasteiger partial charge >= 0.3 is 0 Å². The van der Waals surface area contributed by atoms with Crippen LogP contribution < -0.4 is 4.74 Å². The molecule has 0 unspecified atom stereocenters. The van der Waals surface area contributed by atoms with Gasteiger partial charge in [-0.15, -0.1) is 0 Å². The number of aliphatic imine (C=N–C) groups is 1. The lowest BCUT2D eigenvalue weighted by Crippen LogP contribution is -2.22. The predicted molar refractivity (Wildman–Crippen MR) is 106 cm³/mol. The van der Waals surface area contributed by atoms with Gasteiger partial charge in [0, 0.05) is 22.3 Å². The highest BCUT2D eigenvalue weighted by atomic mass is 16.5. The molecule has 0 spiro atoms. The Morgan fingerprint density at radius 2 is 1.62 bits per heavy atom. The van der Waals surface area contributed by atoms with Gasteiger partial charge in [0.1, 0.15) is 12.4 Å². The van der Waals surface area contributed by atoms with Crippen molar-refractivity contribution in [3.05, 3.63) is 77.9 Å². The lowest BCUT2D eigenvalue weighted by molar-refractivity contribution is 0.306. The van der Waals surface area contributed by atoms with Gasteiger partial charge in [0.25, 0.3) is 0 Å². The molecule has 0 atom stereocenters. The molecular formula is C23H22N2O. The molecule has 0 saturated carbocycles. The van der Waals surface area contributed by atoms with E-state index in [1.165, 1.54) is 5.56 Å². The van der Waals surface area contributed by atoms with Crippen LogP contribution in [0.5, 0.6) is 5.75 Å². The van der Waals surface area contributed by atoms with Crippen molar-refractivity contribution >= 4 is 11.5 Å². The minimum Gasteiger partial charge on any atom is -0.489 e. The molecule has 0 aliphatic carbocycles. The summed E-state index contributed by atoms with van der Waals surface area (Å²) in [5, 5.41) is 0. The molecule has 0 amide bonds. The van der Waals surface area contributed by atoms with Crippen molar-refractivity contribution in [3.8, 4) is 17.0 Å². The van der Waals surface area contributed by atoms with E-state index in [4.69, 9.17) is 9.72 Å². The summed E-state index contributed by atoms with van der Waals surface area (Å²) >= 11 is 0. The minimum atomic E-state index is -0.0317. The zero-order valence-corrected chi connectivity index (χ0v) is 15.4. The third kappa shape index (κ3) is 3.01. The zero-order valence-electron chi connectivity index (χ0n) is 15.4. The Morgan fingerprint density at radius 3 is 2.35 bits per heavy atom. The Hall–Kier alpha value is -2.94. The molecule has 3 aromatic rings. The molecule has 1 aliphatic rings. The number of benzene rings is 2. The van der Waals surface area contributed by atoms with Gasteiger partial charge in [0.2, 0.25) is 0 Å². The summed E-state index contributed by atoms with van der Waals surface area (Å²) in [5.41, 5.74) is 5.44. The predicted octanol–water partition coefficient (Wildman–Crippen LogP) is 5.71. The summed E-state index contributed by atoms with van der Waals surface area (Å²) in [6.45, 7) is 7.02. The van der Waals surface area contributed by atoms with Gasteiger partial charge in [0.15, 0.2) is 5.82 Å². The van der Waals surface area contributed by atoms with Gasteiger partial charge < -0.3 is 4.74 Å². The van der Waals surface area contributed by atoms with Crippen LogP contribution in [0.15, 0.2) is 71.7 Å². The minimum absolute atomic E-state index is 0.0317. The van der Waals surface area contributed by atoms with Crippen molar-refractivity contribution in [1.82, 2.24) is 4.98 Å². The molecule has 2 aromatic carbocycles. The van der Waals surface area contributed by atoms with Crippen LogP contribution in [0.25, 0.3) is 11.3 Å². The molecule has 0 saturated heterocycles. The van der Waals surface area contributed by atoms with Crippen LogP contribution in [-0.2, 0) is 12.0 Å². The zero-order chi connectivity index (χ0) is 18.1. The monoisotopic (exact) mass is 342 g/mol. The Labute approximate surface area is 154 Å². The Bertz CT molecular complexity index is 957. The van der Waals surface area contributed by atoms with Crippen molar-refractivity contribution < 1.29 is 4.74 Å². The van der Waals surface area contributed by atoms with Crippen molar-refractivity contribution in [2.24, 2.45) is 4.99 Å². The Morgan fingerprint density at radius 1 is 0.885 bits per heavy atom. The average Bonchev–Trinajstić information content (AvgIpc) is 2.90. The maximum Gasteiger partial charge on any atom is 0.156 e. The van der Waals surface area contributed by atoms with Crippen molar-refractivity contribution in [2.75, 3.05) is 0 Å². The molecule has 0 radical (unpaired) electrons. The number of aromatic nitrogens is 1. The van der Waals surface area contributed by atoms with E-state index in [1.54, 1.807) is 0 Å². The second kappa shape index (κ2) is 6.41. The number of hydrogen-bond acceptors (Lipinski definition) is 3. The summed E-state index contributed by atoms with van der Waals surface area (Å²) in [6.07, 6.45) is 0. The second-order valence-corrected chi connectivity index (χ2v) is 7.19.